The van der Waals surface area contributed by atoms with Gasteiger partial charge in [-0.15, -0.1) is 0 Å². The summed E-state index contributed by atoms with van der Waals surface area (Å²) < 4.78 is 0. The van der Waals surface area contributed by atoms with E-state index in [1.54, 1.807) is 0 Å². The van der Waals surface area contributed by atoms with Gasteiger partial charge in [-0.3, -0.25) is 4.79 Å². The SMILES string of the molecule is CCC(N)CC(=O)Nc1cc(C(=O)O)ccc1O. The van der Waals surface area contributed by atoms with Crippen LogP contribution in [-0.2, 0) is 4.79 Å². The number of benzene rings is 1. The summed E-state index contributed by atoms with van der Waals surface area (Å²) in [5, 5.41) is 20.8. The molecule has 0 aromatic heterocycles. The van der Waals surface area contributed by atoms with Crippen molar-refractivity contribution in [1.29, 1.82) is 0 Å². The maximum absolute atomic E-state index is 11.6. The zero-order valence-corrected chi connectivity index (χ0v) is 10.0. The summed E-state index contributed by atoms with van der Waals surface area (Å²) in [6.07, 6.45) is 0.780. The fourth-order valence-corrected chi connectivity index (χ4v) is 1.35. The van der Waals surface area contributed by atoms with Crippen molar-refractivity contribution in [3.8, 4) is 5.75 Å². The molecule has 6 nitrogen and oxygen atoms in total. The number of carboxylic acid groups (broad SMARTS) is 1. The third-order valence-corrected chi connectivity index (χ3v) is 2.49. The summed E-state index contributed by atoms with van der Waals surface area (Å²) >= 11 is 0. The maximum atomic E-state index is 11.6. The molecule has 0 saturated carbocycles. The van der Waals surface area contributed by atoms with E-state index in [0.29, 0.717) is 6.42 Å². The van der Waals surface area contributed by atoms with Crippen LogP contribution in [0.5, 0.6) is 5.75 Å². The fraction of sp³-hybridized carbons (Fsp3) is 0.333. The number of aromatic hydroxyl groups is 1. The molecule has 0 bridgehead atoms. The number of aromatic carboxylic acids is 1. The summed E-state index contributed by atoms with van der Waals surface area (Å²) in [6, 6.07) is 3.42. The van der Waals surface area contributed by atoms with Crippen LogP contribution in [0, 0.1) is 0 Å². The largest absolute Gasteiger partial charge is 0.506 e. The first-order valence-electron chi connectivity index (χ1n) is 5.55. The number of amides is 1. The lowest BCUT2D eigenvalue weighted by atomic mass is 10.1. The number of phenolic OH excluding ortho intramolecular Hbond substituents is 1. The Morgan fingerprint density at radius 1 is 1.44 bits per heavy atom. The quantitative estimate of drug-likeness (QED) is 0.587. The van der Waals surface area contributed by atoms with Crippen molar-refractivity contribution in [1.82, 2.24) is 0 Å². The van der Waals surface area contributed by atoms with Gasteiger partial charge in [0.25, 0.3) is 0 Å². The molecule has 1 aromatic carbocycles. The van der Waals surface area contributed by atoms with Crippen molar-refractivity contribution >= 4 is 17.6 Å². The third kappa shape index (κ3) is 3.74. The van der Waals surface area contributed by atoms with Crippen LogP contribution in [0.3, 0.4) is 0 Å². The summed E-state index contributed by atoms with van der Waals surface area (Å²) in [5.74, 6) is -1.67. The van der Waals surface area contributed by atoms with Crippen molar-refractivity contribution in [2.75, 3.05) is 5.32 Å². The lowest BCUT2D eigenvalue weighted by Gasteiger charge is -2.11. The van der Waals surface area contributed by atoms with Crippen LogP contribution < -0.4 is 11.1 Å². The highest BCUT2D eigenvalue weighted by atomic mass is 16.4. The first-order valence-corrected chi connectivity index (χ1v) is 5.55. The van der Waals surface area contributed by atoms with Crippen molar-refractivity contribution in [3.05, 3.63) is 23.8 Å². The molecule has 0 aliphatic carbocycles. The zero-order chi connectivity index (χ0) is 13.7. The van der Waals surface area contributed by atoms with Gasteiger partial charge in [0.2, 0.25) is 5.91 Å². The van der Waals surface area contributed by atoms with Gasteiger partial charge in [0.05, 0.1) is 11.3 Å². The van der Waals surface area contributed by atoms with E-state index in [0.717, 1.165) is 0 Å². The second kappa shape index (κ2) is 6.02. The zero-order valence-electron chi connectivity index (χ0n) is 10.0. The lowest BCUT2D eigenvalue weighted by molar-refractivity contribution is -0.116. The molecular formula is C12H16N2O4. The molecule has 6 heteroatoms. The van der Waals surface area contributed by atoms with E-state index in [4.69, 9.17) is 10.8 Å². The van der Waals surface area contributed by atoms with E-state index in [9.17, 15) is 14.7 Å². The van der Waals surface area contributed by atoms with Crippen molar-refractivity contribution < 1.29 is 19.8 Å². The number of carboxylic acids is 1. The van der Waals surface area contributed by atoms with E-state index >= 15 is 0 Å². The number of carbonyl (C=O) groups is 2. The first-order chi connectivity index (χ1) is 8.43. The van der Waals surface area contributed by atoms with Crippen LogP contribution in [-0.4, -0.2) is 28.1 Å². The molecule has 98 valence electrons. The fourth-order valence-electron chi connectivity index (χ4n) is 1.35. The van der Waals surface area contributed by atoms with E-state index in [1.807, 2.05) is 6.92 Å². The Morgan fingerprint density at radius 2 is 2.11 bits per heavy atom. The van der Waals surface area contributed by atoms with Gasteiger partial charge in [-0.1, -0.05) is 6.92 Å². The number of carbonyl (C=O) groups excluding carboxylic acids is 1. The molecule has 0 spiro atoms. The van der Waals surface area contributed by atoms with Crippen LogP contribution in [0.4, 0.5) is 5.69 Å². The lowest BCUT2D eigenvalue weighted by Crippen LogP contribution is -2.26. The number of rotatable bonds is 5. The molecule has 0 saturated heterocycles. The molecule has 0 aliphatic heterocycles. The smallest absolute Gasteiger partial charge is 0.335 e. The topological polar surface area (TPSA) is 113 Å². The second-order valence-corrected chi connectivity index (χ2v) is 3.96. The van der Waals surface area contributed by atoms with Crippen LogP contribution in [0.2, 0.25) is 0 Å². The number of anilines is 1. The highest BCUT2D eigenvalue weighted by Gasteiger charge is 2.12. The number of hydrogen-bond acceptors (Lipinski definition) is 4. The summed E-state index contributed by atoms with van der Waals surface area (Å²) in [5.41, 5.74) is 5.69. The van der Waals surface area contributed by atoms with Crippen LogP contribution in [0.15, 0.2) is 18.2 Å². The van der Waals surface area contributed by atoms with Gasteiger partial charge in [0, 0.05) is 12.5 Å². The van der Waals surface area contributed by atoms with Gasteiger partial charge in [0.15, 0.2) is 0 Å². The molecule has 0 aliphatic rings. The highest BCUT2D eigenvalue weighted by Crippen LogP contribution is 2.24. The Hall–Kier alpha value is -2.08. The summed E-state index contributed by atoms with van der Waals surface area (Å²) in [7, 11) is 0. The molecule has 0 radical (unpaired) electrons. The number of hydrogen-bond donors (Lipinski definition) is 4. The number of nitrogens with two attached hydrogens (primary N) is 1. The number of phenols is 1. The molecule has 0 heterocycles. The standard InChI is InChI=1S/C12H16N2O4/c1-2-8(13)6-11(16)14-9-5-7(12(17)18)3-4-10(9)15/h3-5,8,15H,2,6,13H2,1H3,(H,14,16)(H,17,18). The third-order valence-electron chi connectivity index (χ3n) is 2.49. The molecule has 1 unspecified atom stereocenters. The van der Waals surface area contributed by atoms with Gasteiger partial charge in [-0.2, -0.15) is 0 Å². The molecule has 5 N–H and O–H groups in total. The van der Waals surface area contributed by atoms with Gasteiger partial charge in [-0.05, 0) is 24.6 Å². The average molecular weight is 252 g/mol. The minimum absolute atomic E-state index is 0.0112. The molecule has 1 atom stereocenters. The van der Waals surface area contributed by atoms with Crippen LogP contribution >= 0.6 is 0 Å². The Bertz CT molecular complexity index is 459. The minimum Gasteiger partial charge on any atom is -0.506 e. The van der Waals surface area contributed by atoms with Crippen LogP contribution in [0.1, 0.15) is 30.1 Å². The molecule has 1 aromatic rings. The Kier molecular flexibility index (Phi) is 4.67. The normalized spacial score (nSPS) is 11.9. The highest BCUT2D eigenvalue weighted by molar-refractivity contribution is 5.95. The first kappa shape index (κ1) is 14.0. The Labute approximate surface area is 104 Å². The average Bonchev–Trinajstić information content (AvgIpc) is 2.31. The summed E-state index contributed by atoms with van der Waals surface area (Å²) in [4.78, 5) is 22.3. The Balaban J connectivity index is 2.80. The van der Waals surface area contributed by atoms with Crippen LogP contribution in [0.25, 0.3) is 0 Å². The Morgan fingerprint density at radius 3 is 2.67 bits per heavy atom. The minimum atomic E-state index is -1.13. The van der Waals surface area contributed by atoms with Crippen molar-refractivity contribution in [2.45, 2.75) is 25.8 Å². The van der Waals surface area contributed by atoms with E-state index in [1.165, 1.54) is 18.2 Å². The van der Waals surface area contributed by atoms with Crippen molar-refractivity contribution in [2.24, 2.45) is 5.73 Å². The van der Waals surface area contributed by atoms with E-state index < -0.39 is 5.97 Å². The summed E-state index contributed by atoms with van der Waals surface area (Å²) in [6.45, 7) is 1.86. The predicted molar refractivity (Wildman–Crippen MR) is 66.6 cm³/mol. The molecule has 1 amide bonds. The maximum Gasteiger partial charge on any atom is 0.335 e. The van der Waals surface area contributed by atoms with Crippen molar-refractivity contribution in [3.63, 3.8) is 0 Å². The molecular weight excluding hydrogens is 236 g/mol. The molecule has 0 fully saturated rings. The predicted octanol–water partition coefficient (Wildman–Crippen LogP) is 1.16. The monoisotopic (exact) mass is 252 g/mol. The number of nitrogens with one attached hydrogen (secondary N) is 1. The van der Waals surface area contributed by atoms with E-state index in [2.05, 4.69) is 5.32 Å². The van der Waals surface area contributed by atoms with E-state index in [-0.39, 0.29) is 35.4 Å². The van der Waals surface area contributed by atoms with Gasteiger partial charge >= 0.3 is 5.97 Å². The molecule has 18 heavy (non-hydrogen) atoms. The van der Waals surface area contributed by atoms with Gasteiger partial charge in [0.1, 0.15) is 5.75 Å². The molecule has 1 rings (SSSR count). The second-order valence-electron chi connectivity index (χ2n) is 3.96. The van der Waals surface area contributed by atoms with Gasteiger partial charge in [-0.25, -0.2) is 4.79 Å². The van der Waals surface area contributed by atoms with Gasteiger partial charge < -0.3 is 21.3 Å².